The van der Waals surface area contributed by atoms with Crippen LogP contribution in [0.3, 0.4) is 0 Å². The number of nitrogen functional groups attached to an aromatic ring is 1. The van der Waals surface area contributed by atoms with Crippen molar-refractivity contribution in [1.29, 1.82) is 5.41 Å². The van der Waals surface area contributed by atoms with E-state index >= 15 is 0 Å². The van der Waals surface area contributed by atoms with Crippen LogP contribution in [0.2, 0.25) is 0 Å². The maximum absolute atomic E-state index is 14.8. The zero-order valence-electron chi connectivity index (χ0n) is 86.9. The number of aromatic nitrogens is 4. The molecule has 3 aromatic rings. The first kappa shape index (κ1) is 127. The van der Waals surface area contributed by atoms with Crippen LogP contribution in [-0.4, -0.2) is 334 Å². The minimum absolute atomic E-state index is 0.0123. The van der Waals surface area contributed by atoms with E-state index in [1.807, 2.05) is 51.2 Å². The molecule has 1 saturated carbocycles. The first-order valence-electron chi connectivity index (χ1n) is 50.8. The second-order valence-corrected chi connectivity index (χ2v) is 44.3. The van der Waals surface area contributed by atoms with Crippen molar-refractivity contribution >= 4 is 154 Å². The molecule has 2 saturated heterocycles. The quantitative estimate of drug-likeness (QED) is 0.00789. The highest BCUT2D eigenvalue weighted by atomic mass is 33.1. The van der Waals surface area contributed by atoms with Crippen molar-refractivity contribution in [2.24, 2.45) is 53.3 Å². The van der Waals surface area contributed by atoms with Crippen molar-refractivity contribution in [2.45, 2.75) is 282 Å². The van der Waals surface area contributed by atoms with Gasteiger partial charge in [-0.25, -0.2) is 24.4 Å². The lowest BCUT2D eigenvalue weighted by atomic mass is 9.75. The summed E-state index contributed by atoms with van der Waals surface area (Å²) >= 11 is 0. The molecule has 48 heteroatoms. The van der Waals surface area contributed by atoms with Gasteiger partial charge >= 0.3 is 30.0 Å². The van der Waals surface area contributed by atoms with Gasteiger partial charge in [0.25, 0.3) is 17.6 Å². The molecular formula is C102H151N13O31S4. The number of nitrogens with zero attached hydrogens (tertiary/aromatic N) is 4. The molecule has 0 unspecified atom stereocenters. The van der Waals surface area contributed by atoms with Gasteiger partial charge in [0, 0.05) is 137 Å². The Morgan fingerprint density at radius 1 is 0.733 bits per heavy atom. The Kier molecular flexibility index (Phi) is 54.7. The number of alkyl carbamates (subject to hydrolysis) is 1. The number of carbonyl (C=O) groups excluding carboxylic acids is 13. The topological polar surface area (TPSA) is 682 Å². The number of esters is 2. The third kappa shape index (κ3) is 41.7. The van der Waals surface area contributed by atoms with E-state index in [1.165, 1.54) is 54.0 Å². The minimum Gasteiger partial charge on any atom is -0.481 e. The van der Waals surface area contributed by atoms with Gasteiger partial charge in [-0.05, 0) is 156 Å². The number of aromatic amines is 1. The fraction of sp³-hybridized carbons (Fsp3) is 0.657. The largest absolute Gasteiger partial charge is 0.481 e. The molecule has 3 fully saturated rings. The Labute approximate surface area is 888 Å². The highest BCUT2D eigenvalue weighted by molar-refractivity contribution is 8.77. The summed E-state index contributed by atoms with van der Waals surface area (Å²) < 4.78 is 41.1. The Bertz CT molecular complexity index is 5190. The molecule has 6 amide bonds. The van der Waals surface area contributed by atoms with Crippen LogP contribution in [0.25, 0.3) is 11.2 Å². The number of carboxylic acid groups (broad SMARTS) is 2. The van der Waals surface area contributed by atoms with Crippen molar-refractivity contribution in [3.05, 3.63) is 94.8 Å². The molecule has 5 heterocycles. The number of rotatable bonds is 51. The fourth-order valence-corrected chi connectivity index (χ4v) is 22.0. The summed E-state index contributed by atoms with van der Waals surface area (Å²) in [5, 5.41) is 116. The number of benzene rings is 1. The maximum atomic E-state index is 14.8. The average Bonchev–Trinajstić information content (AvgIpc) is 0.775. The standard InChI is InChI=1S/C102H151N13O31S4/c1-56-18-13-12-14-19-57(2)80(140-10)47-71-30-23-64(9)102(139,146-71)91(129)96(132)115-35-16-15-20-74(115)99(137)145-81(48-75(118)59(4)43-63(8)87(126)90(141-11)86(125)62(7)42-56)61(6)45-65-24-32-79(60(5)44-65)142-36-37-143-84(124)21-17-39-147-148-40-34-83(123)106-52-73(112-94(130)58(3)22-33-82(122)107-53-77(120)88(127)89(128)78(121)54-116)76(119)46-67(97(133)134)55-150-149-41-38-144-101(138)109-51-70(117)29-31-72(98(135)136)111-95(131)66-25-27-68(28-26-66)105-49-69-50-108-93-85(110-69)92(103)113-100(104)114-93/h12-14,18-19,25-28,43,50,56,58-62,64-65,67,71-74,77-81,87-90,105,116,120-121,126-128,139H,15-17,20-24,29-42,44-49,51-55H2,1-11H3,(H,106,123)(H,107,122)(H,109,138)(H,111,131)(H,112,130)(H,133,134)(H,135,136)(H4,103,104,108,113,114)/b14-12?,18-13+,57-19?,63-43+/t56-,58+,59-,60-,61-,62-,64-,65-,67+,71+,72+,73+,74+,77+,78-,79-,80+,81+,87-,88-,89-,90+,102-/m1/s1. The third-order valence-electron chi connectivity index (χ3n) is 27.0. The smallest absolute Gasteiger partial charge is 0.407 e. The number of fused-ring (bicyclic) bond motifs is 4. The number of Topliss-reactive ketones (excluding diaryl/α,β-unsaturated/α-hetero) is 5. The van der Waals surface area contributed by atoms with Gasteiger partial charge in [0.05, 0.1) is 68.5 Å². The summed E-state index contributed by atoms with van der Waals surface area (Å²) in [5.74, 6) is -17.7. The van der Waals surface area contributed by atoms with Gasteiger partial charge in [-0.15, -0.1) is 0 Å². The van der Waals surface area contributed by atoms with Gasteiger partial charge in [0.2, 0.25) is 29.5 Å². The van der Waals surface area contributed by atoms with Gasteiger partial charge in [0.15, 0.2) is 34.0 Å². The Morgan fingerprint density at radius 2 is 1.44 bits per heavy atom. The number of anilines is 2. The molecule has 4 aliphatic rings. The Balaban J connectivity index is 0.843. The van der Waals surface area contributed by atoms with Crippen LogP contribution < -0.4 is 43.1 Å². The van der Waals surface area contributed by atoms with Crippen molar-refractivity contribution in [1.82, 2.24) is 51.4 Å². The zero-order valence-corrected chi connectivity index (χ0v) is 90.2. The number of amides is 6. The molecule has 2 aromatic heterocycles. The number of H-pyrrole nitrogens is 1. The lowest BCUT2D eigenvalue weighted by Gasteiger charge is -2.42. The normalized spacial score (nSPS) is 25.0. The monoisotopic (exact) mass is 2180 g/mol. The van der Waals surface area contributed by atoms with Gasteiger partial charge in [-0.3, -0.25) is 62.9 Å². The van der Waals surface area contributed by atoms with E-state index in [4.69, 9.17) is 49.4 Å². The van der Waals surface area contributed by atoms with E-state index < -0.39 is 224 Å². The summed E-state index contributed by atoms with van der Waals surface area (Å²) in [6.07, 6.45) is 2.56. The number of hydrogen-bond acceptors (Lipinski definition) is 39. The molecule has 834 valence electrons. The molecule has 1 aliphatic carbocycles. The molecule has 0 radical (unpaired) electrons. The molecule has 23 atom stereocenters. The number of aliphatic hydroxyl groups excluding tert-OH is 6. The molecule has 7 rings (SSSR count). The summed E-state index contributed by atoms with van der Waals surface area (Å²) in [6, 6.07) is 1.85. The van der Waals surface area contributed by atoms with Crippen LogP contribution in [-0.2, 0) is 102 Å². The number of ketones is 5. The second-order valence-electron chi connectivity index (χ2n) is 39.0. The number of piperidine rings is 1. The summed E-state index contributed by atoms with van der Waals surface area (Å²) in [5.41, 5.74) is 8.30. The van der Waals surface area contributed by atoms with E-state index in [1.54, 1.807) is 53.0 Å². The van der Waals surface area contributed by atoms with Crippen molar-refractivity contribution < 1.29 is 151 Å². The third-order valence-corrected chi connectivity index (χ3v) is 32.0. The van der Waals surface area contributed by atoms with E-state index in [-0.39, 0.29) is 172 Å². The number of allylic oxidation sites excluding steroid dienone is 6. The maximum Gasteiger partial charge on any atom is 0.407 e. The predicted octanol–water partition coefficient (Wildman–Crippen LogP) is 5.83. The van der Waals surface area contributed by atoms with Crippen molar-refractivity contribution in [2.75, 3.05) is 101 Å². The zero-order chi connectivity index (χ0) is 111. The van der Waals surface area contributed by atoms with Crippen LogP contribution in [0.15, 0.2) is 78.1 Å². The number of nitrogens with one attached hydrogen (secondary N) is 8. The van der Waals surface area contributed by atoms with Crippen molar-refractivity contribution in [3.63, 3.8) is 0 Å². The number of aliphatic carboxylic acids is 2. The fourth-order valence-electron chi connectivity index (χ4n) is 17.8. The molecule has 2 bridgehead atoms. The molecule has 150 heavy (non-hydrogen) atoms. The summed E-state index contributed by atoms with van der Waals surface area (Å²) in [6.45, 7) is 13.5. The lowest BCUT2D eigenvalue weighted by molar-refractivity contribution is -0.265. The highest BCUT2D eigenvalue weighted by Gasteiger charge is 2.54. The van der Waals surface area contributed by atoms with E-state index in [0.717, 1.165) is 32.1 Å². The van der Waals surface area contributed by atoms with Gasteiger partial charge in [-0.1, -0.05) is 128 Å². The number of carboxylic acids is 2. The number of methoxy groups -OCH3 is 2. The Morgan fingerprint density at radius 3 is 2.14 bits per heavy atom. The van der Waals surface area contributed by atoms with Crippen LogP contribution in [0.4, 0.5) is 16.4 Å². The van der Waals surface area contributed by atoms with Crippen LogP contribution in [0, 0.1) is 58.7 Å². The predicted molar refractivity (Wildman–Crippen MR) is 558 cm³/mol. The van der Waals surface area contributed by atoms with Gasteiger partial charge in [0.1, 0.15) is 73.7 Å². The Hall–Kier alpha value is -10.2. The van der Waals surface area contributed by atoms with E-state index in [0.29, 0.717) is 86.9 Å². The number of cyclic esters (lactones) is 1. The van der Waals surface area contributed by atoms with Gasteiger partial charge in [-0.2, -0.15) is 4.98 Å². The number of ether oxygens (including phenoxy) is 7. The number of carbonyl (C=O) groups is 15. The van der Waals surface area contributed by atoms with E-state index in [2.05, 4.69) is 58.8 Å². The second kappa shape index (κ2) is 64.7. The number of hydrogen-bond donors (Lipinski definition) is 18. The van der Waals surface area contributed by atoms with Crippen molar-refractivity contribution in [3.8, 4) is 0 Å². The summed E-state index contributed by atoms with van der Waals surface area (Å²) in [7, 11) is 7.72. The number of nitrogens with two attached hydrogens (primary N) is 1. The van der Waals surface area contributed by atoms with Crippen LogP contribution >= 0.6 is 43.2 Å². The minimum atomic E-state index is -2.51. The van der Waals surface area contributed by atoms with E-state index in [9.17, 15) is 113 Å². The lowest BCUT2D eigenvalue weighted by Crippen LogP contribution is -2.61. The molecule has 19 N–H and O–H groups in total. The molecule has 44 nitrogen and oxygen atoms in total. The molecule has 1 aromatic carbocycles. The average molecular weight is 2180 g/mol. The molecule has 3 aliphatic heterocycles. The SMILES string of the molecule is CO[C@H]1C[C@@H]2CC[C@@H](C)[C@@](O)(O2)C(=O)C(=O)N2CCCC[C@H]2C(=O)O[C@H]([C@H](C)C[C@@H]2CC[C@@H](OCCOC(=O)CCCSSCCC(=O)NC[C@H](NC(=O)[C@@H](C)CCC(=O)NC[C@H](O)[C@@H](O)[C@H](O)[C@H](O)CO)C(=O)C[C@@H](CSSCCOC(=O)NCC(=O)CC[C@H](NC(=O)c3ccc(NCc4cnc5nc(N)[nH]c(=N)c5n4)cc3)C(=O)O)C(=O)O)[C@H](C)C2)CC(=O)[C@H](C)/C=C(\C)[C@@H](O)[C@@H](OC)C(=O)[C@H](C)C[C@H](C)/C=C/C=CC=C1C. The summed E-state index contributed by atoms with van der Waals surface area (Å²) in [4.78, 5) is 219. The molecule has 0 spiro atoms. The molecular weight excluding hydrogens is 2030 g/mol. The van der Waals surface area contributed by atoms with Crippen LogP contribution in [0.1, 0.15) is 207 Å². The first-order chi connectivity index (χ1) is 71.2. The number of aliphatic hydroxyl groups is 7. The van der Waals surface area contributed by atoms with Crippen LogP contribution in [0.5, 0.6) is 0 Å². The highest BCUT2D eigenvalue weighted by Crippen LogP contribution is 2.40. The van der Waals surface area contributed by atoms with Gasteiger partial charge < -0.3 is 127 Å². The first-order valence-corrected chi connectivity index (χ1v) is 55.7.